The van der Waals surface area contributed by atoms with Gasteiger partial charge in [0.05, 0.1) is 5.69 Å². The second kappa shape index (κ2) is 5.68. The minimum absolute atomic E-state index is 0.149. The molecule has 1 amide bonds. The number of hydrogen-bond donors (Lipinski definition) is 2. The molecule has 0 aliphatic heterocycles. The summed E-state index contributed by atoms with van der Waals surface area (Å²) in [5, 5.41) is 13.0. The largest absolute Gasteiger partial charge is 0.305 e. The molecule has 106 valence electrons. The molecule has 2 aromatic heterocycles. The zero-order valence-electron chi connectivity index (χ0n) is 11.7. The zero-order chi connectivity index (χ0) is 14.7. The molecule has 0 aliphatic carbocycles. The topological polar surface area (TPSA) is 92.7 Å². The van der Waals surface area contributed by atoms with E-state index in [0.29, 0.717) is 11.7 Å². The van der Waals surface area contributed by atoms with E-state index in [-0.39, 0.29) is 17.2 Å². The Labute approximate surface area is 116 Å². The summed E-state index contributed by atoms with van der Waals surface area (Å²) in [7, 11) is 1.76. The molecule has 0 aromatic carbocycles. The van der Waals surface area contributed by atoms with E-state index in [4.69, 9.17) is 0 Å². The van der Waals surface area contributed by atoms with E-state index in [1.165, 1.54) is 12.1 Å². The number of nitrogens with one attached hydrogen (secondary N) is 2. The lowest BCUT2D eigenvalue weighted by Gasteiger charge is -2.03. The number of carbonyl (C=O) groups excluding carboxylic acids is 1. The van der Waals surface area contributed by atoms with E-state index < -0.39 is 0 Å². The van der Waals surface area contributed by atoms with Gasteiger partial charge in [0, 0.05) is 19.2 Å². The number of rotatable bonds is 4. The highest BCUT2D eigenvalue weighted by atomic mass is 16.2. The highest BCUT2D eigenvalue weighted by Gasteiger charge is 2.12. The van der Waals surface area contributed by atoms with E-state index in [9.17, 15) is 9.59 Å². The second-order valence-electron chi connectivity index (χ2n) is 5.00. The smallest absolute Gasteiger partial charge is 0.277 e. The van der Waals surface area contributed by atoms with Crippen molar-refractivity contribution in [1.82, 2.24) is 20.0 Å². The molecular weight excluding hydrogens is 258 g/mol. The monoisotopic (exact) mass is 275 g/mol. The van der Waals surface area contributed by atoms with E-state index in [1.807, 2.05) is 6.07 Å². The van der Waals surface area contributed by atoms with E-state index in [0.717, 1.165) is 12.1 Å². The molecule has 7 nitrogen and oxygen atoms in total. The predicted molar refractivity (Wildman–Crippen MR) is 74.6 cm³/mol. The van der Waals surface area contributed by atoms with Gasteiger partial charge in [-0.2, -0.15) is 10.2 Å². The van der Waals surface area contributed by atoms with Crippen LogP contribution in [0, 0.1) is 5.92 Å². The van der Waals surface area contributed by atoms with Crippen molar-refractivity contribution in [3.63, 3.8) is 0 Å². The number of aromatic nitrogens is 4. The van der Waals surface area contributed by atoms with Crippen LogP contribution < -0.4 is 10.9 Å². The standard InChI is InChI=1S/C13H17N5O2/c1-8(2)6-9-7-11(18(3)17-9)14-13(20)10-4-5-12(19)16-15-10/h4-5,7-8H,6H2,1-3H3,(H,14,20)(H,16,19). The van der Waals surface area contributed by atoms with Gasteiger partial charge >= 0.3 is 0 Å². The van der Waals surface area contributed by atoms with Crippen LogP contribution in [0.25, 0.3) is 0 Å². The number of anilines is 1. The number of carbonyl (C=O) groups is 1. The van der Waals surface area contributed by atoms with Crippen LogP contribution in [0.15, 0.2) is 23.0 Å². The molecule has 7 heteroatoms. The van der Waals surface area contributed by atoms with Gasteiger partial charge in [-0.25, -0.2) is 5.10 Å². The summed E-state index contributed by atoms with van der Waals surface area (Å²) in [5.74, 6) is 0.702. The lowest BCUT2D eigenvalue weighted by Crippen LogP contribution is -2.18. The Morgan fingerprint density at radius 1 is 1.45 bits per heavy atom. The van der Waals surface area contributed by atoms with Crippen molar-refractivity contribution in [2.75, 3.05) is 5.32 Å². The van der Waals surface area contributed by atoms with Crippen LogP contribution in [0.4, 0.5) is 5.82 Å². The Hall–Kier alpha value is -2.44. The third-order valence-corrected chi connectivity index (χ3v) is 2.70. The van der Waals surface area contributed by atoms with E-state index >= 15 is 0 Å². The summed E-state index contributed by atoms with van der Waals surface area (Å²) in [4.78, 5) is 22.9. The minimum atomic E-state index is -0.389. The molecule has 2 aromatic rings. The van der Waals surface area contributed by atoms with Crippen molar-refractivity contribution in [2.24, 2.45) is 13.0 Å². The van der Waals surface area contributed by atoms with Gasteiger partial charge in [0.2, 0.25) is 0 Å². The lowest BCUT2D eigenvalue weighted by atomic mass is 10.1. The molecule has 0 bridgehead atoms. The predicted octanol–water partition coefficient (Wildman–Crippen LogP) is 0.954. The van der Waals surface area contributed by atoms with Crippen molar-refractivity contribution in [1.29, 1.82) is 0 Å². The quantitative estimate of drug-likeness (QED) is 0.869. The summed E-state index contributed by atoms with van der Waals surface area (Å²) in [6, 6.07) is 4.47. The minimum Gasteiger partial charge on any atom is -0.305 e. The van der Waals surface area contributed by atoms with E-state index in [2.05, 4.69) is 34.5 Å². The molecule has 0 radical (unpaired) electrons. The van der Waals surface area contributed by atoms with Gasteiger partial charge in [-0.05, 0) is 18.4 Å². The molecular formula is C13H17N5O2. The van der Waals surface area contributed by atoms with Gasteiger partial charge in [-0.15, -0.1) is 0 Å². The van der Waals surface area contributed by atoms with Gasteiger partial charge in [-0.1, -0.05) is 13.8 Å². The van der Waals surface area contributed by atoms with E-state index in [1.54, 1.807) is 11.7 Å². The van der Waals surface area contributed by atoms with Crippen molar-refractivity contribution in [3.05, 3.63) is 39.9 Å². The number of hydrogen-bond acceptors (Lipinski definition) is 4. The number of aryl methyl sites for hydroxylation is 1. The van der Waals surface area contributed by atoms with Crippen LogP contribution in [0.3, 0.4) is 0 Å². The fraction of sp³-hybridized carbons (Fsp3) is 0.385. The van der Waals surface area contributed by atoms with Crippen LogP contribution in [-0.2, 0) is 13.5 Å². The Bertz CT molecular complexity index is 651. The Morgan fingerprint density at radius 2 is 2.20 bits per heavy atom. The first kappa shape index (κ1) is 14.0. The Balaban J connectivity index is 2.13. The molecule has 0 unspecified atom stereocenters. The summed E-state index contributed by atoms with van der Waals surface area (Å²) in [6.45, 7) is 4.22. The third-order valence-electron chi connectivity index (χ3n) is 2.70. The summed E-state index contributed by atoms with van der Waals surface area (Å²) >= 11 is 0. The first-order valence-electron chi connectivity index (χ1n) is 6.35. The van der Waals surface area contributed by atoms with Crippen molar-refractivity contribution in [3.8, 4) is 0 Å². The highest BCUT2D eigenvalue weighted by Crippen LogP contribution is 2.13. The molecule has 0 atom stereocenters. The van der Waals surface area contributed by atoms with Gasteiger partial charge in [0.15, 0.2) is 0 Å². The summed E-state index contributed by atoms with van der Waals surface area (Å²) in [6.07, 6.45) is 0.848. The summed E-state index contributed by atoms with van der Waals surface area (Å²) in [5.41, 5.74) is 0.727. The first-order valence-corrected chi connectivity index (χ1v) is 6.35. The maximum atomic E-state index is 12.0. The first-order chi connectivity index (χ1) is 9.45. The fourth-order valence-electron chi connectivity index (χ4n) is 1.81. The van der Waals surface area contributed by atoms with Crippen molar-refractivity contribution >= 4 is 11.7 Å². The average molecular weight is 275 g/mol. The SMILES string of the molecule is CC(C)Cc1cc(NC(=O)c2ccc(=O)[nH]n2)n(C)n1. The fourth-order valence-corrected chi connectivity index (χ4v) is 1.81. The molecule has 2 heterocycles. The lowest BCUT2D eigenvalue weighted by molar-refractivity contribution is 0.102. The number of aromatic amines is 1. The Kier molecular flexibility index (Phi) is 3.97. The van der Waals surface area contributed by atoms with Crippen molar-refractivity contribution in [2.45, 2.75) is 20.3 Å². The maximum absolute atomic E-state index is 12.0. The van der Waals surface area contributed by atoms with Crippen LogP contribution in [-0.4, -0.2) is 25.9 Å². The van der Waals surface area contributed by atoms with Gasteiger partial charge < -0.3 is 5.32 Å². The number of nitrogens with zero attached hydrogens (tertiary/aromatic N) is 3. The highest BCUT2D eigenvalue weighted by molar-refractivity contribution is 6.02. The second-order valence-corrected chi connectivity index (χ2v) is 5.00. The molecule has 20 heavy (non-hydrogen) atoms. The van der Waals surface area contributed by atoms with Crippen LogP contribution in [0.5, 0.6) is 0 Å². The molecule has 0 fully saturated rings. The molecule has 0 spiro atoms. The molecule has 2 N–H and O–H groups in total. The zero-order valence-corrected chi connectivity index (χ0v) is 11.7. The number of amides is 1. The average Bonchev–Trinajstić information content (AvgIpc) is 2.69. The third kappa shape index (κ3) is 3.31. The maximum Gasteiger partial charge on any atom is 0.277 e. The van der Waals surface area contributed by atoms with Crippen molar-refractivity contribution < 1.29 is 4.79 Å². The number of H-pyrrole nitrogens is 1. The van der Waals surface area contributed by atoms with Gasteiger partial charge in [-0.3, -0.25) is 14.3 Å². The van der Waals surface area contributed by atoms with Gasteiger partial charge in [0.1, 0.15) is 11.5 Å². The van der Waals surface area contributed by atoms with Crippen LogP contribution in [0.2, 0.25) is 0 Å². The molecule has 2 rings (SSSR count). The normalized spacial score (nSPS) is 10.8. The molecule has 0 saturated heterocycles. The van der Waals surface area contributed by atoms with Crippen LogP contribution in [0.1, 0.15) is 30.0 Å². The Morgan fingerprint density at radius 3 is 2.80 bits per heavy atom. The summed E-state index contributed by atoms with van der Waals surface area (Å²) < 4.78 is 1.61. The molecule has 0 aliphatic rings. The van der Waals surface area contributed by atoms with Gasteiger partial charge in [0.25, 0.3) is 11.5 Å². The molecule has 0 saturated carbocycles. The van der Waals surface area contributed by atoms with Crippen LogP contribution >= 0.6 is 0 Å².